The van der Waals surface area contributed by atoms with Crippen molar-refractivity contribution in [2.75, 3.05) is 23.1 Å². The second kappa shape index (κ2) is 9.49. The highest BCUT2D eigenvalue weighted by Gasteiger charge is 2.56. The van der Waals surface area contributed by atoms with Crippen LogP contribution in [0.3, 0.4) is 0 Å². The number of halogens is 3. The van der Waals surface area contributed by atoms with E-state index in [1.807, 2.05) is 0 Å². The van der Waals surface area contributed by atoms with E-state index >= 15 is 0 Å². The second-order valence-electron chi connectivity index (χ2n) is 8.45. The number of nitrogens with two attached hydrogens (primary N) is 2. The molecule has 0 spiro atoms. The molecule has 1 aromatic carbocycles. The number of hydrogen-bond acceptors (Lipinski definition) is 8. The third kappa shape index (κ3) is 5.88. The first-order chi connectivity index (χ1) is 15.0. The molecule has 1 aromatic heterocycles. The molecule has 0 saturated heterocycles. The average Bonchev–Trinajstić information content (AvgIpc) is 3.15. The maximum atomic E-state index is 14.6. The Bertz CT molecular complexity index is 1010. The maximum Gasteiger partial charge on any atom is 0.266 e. The summed E-state index contributed by atoms with van der Waals surface area (Å²) in [5.41, 5.74) is 11.6. The number of benzene rings is 1. The van der Waals surface area contributed by atoms with Crippen LogP contribution >= 0.6 is 11.5 Å². The molecule has 3 rings (SSSR count). The van der Waals surface area contributed by atoms with Crippen molar-refractivity contribution in [2.45, 2.75) is 49.5 Å². The lowest BCUT2D eigenvalue weighted by molar-refractivity contribution is -0.170. The summed E-state index contributed by atoms with van der Waals surface area (Å²) in [6.45, 7) is 2.44. The van der Waals surface area contributed by atoms with Crippen LogP contribution < -0.4 is 21.5 Å². The van der Waals surface area contributed by atoms with Gasteiger partial charge in [-0.3, -0.25) is 4.72 Å². The minimum absolute atomic E-state index is 0.0272. The predicted octanol–water partition coefficient (Wildman–Crippen LogP) is 3.01. The lowest BCUT2D eigenvalue weighted by Crippen LogP contribution is -2.50. The van der Waals surface area contributed by atoms with Crippen LogP contribution in [0.25, 0.3) is 0 Å². The van der Waals surface area contributed by atoms with Crippen LogP contribution in [-0.4, -0.2) is 42.8 Å². The highest BCUT2D eigenvalue weighted by atomic mass is 32.2. The summed E-state index contributed by atoms with van der Waals surface area (Å²) >= 11 is 0.829. The maximum absolute atomic E-state index is 14.6. The average molecular weight is 493 g/mol. The molecule has 1 saturated carbocycles. The monoisotopic (exact) mass is 492 g/mol. The van der Waals surface area contributed by atoms with E-state index in [1.165, 1.54) is 12.4 Å². The molecule has 0 radical (unpaired) electrons. The first-order valence-electron chi connectivity index (χ1n) is 10.1. The summed E-state index contributed by atoms with van der Waals surface area (Å²) in [7, 11) is -4.16. The second-order valence-corrected chi connectivity index (χ2v) is 10.9. The van der Waals surface area contributed by atoms with Crippen LogP contribution in [0.1, 0.15) is 32.6 Å². The minimum atomic E-state index is -4.16. The standard InChI is InChI=1S/C19H27F3N6O2S2/c1-12(24)13(7-18(4-5-23)9-19(21,22)10-18)8-25-14-2-3-16(15(20)6-14)32(29,30)28-17-26-11-27-31-17/h2-3,6,11-13,25H,4-5,7-10,23-24H2,1H3,(H,26,27,28)/t12-,13?/m1/s1. The zero-order valence-electron chi connectivity index (χ0n) is 17.5. The number of hydrogen-bond donors (Lipinski definition) is 4. The quantitative estimate of drug-likeness (QED) is 0.379. The molecule has 1 fully saturated rings. The van der Waals surface area contributed by atoms with Crippen molar-refractivity contribution in [1.82, 2.24) is 9.36 Å². The van der Waals surface area contributed by atoms with Crippen molar-refractivity contribution in [1.29, 1.82) is 0 Å². The smallest absolute Gasteiger partial charge is 0.266 e. The number of alkyl halides is 2. The van der Waals surface area contributed by atoms with Crippen LogP contribution in [0.15, 0.2) is 29.4 Å². The largest absolute Gasteiger partial charge is 0.385 e. The SMILES string of the molecule is C[C@@H](N)C(CNc1ccc(S(=O)(=O)Nc2ncns2)c(F)c1)CC1(CCN)CC(F)(F)C1. The number of nitrogens with zero attached hydrogens (tertiary/aromatic N) is 2. The van der Waals surface area contributed by atoms with Gasteiger partial charge in [-0.25, -0.2) is 26.6 Å². The van der Waals surface area contributed by atoms with Gasteiger partial charge in [0.15, 0.2) is 0 Å². The molecule has 2 aromatic rings. The summed E-state index contributed by atoms with van der Waals surface area (Å²) in [5.74, 6) is -3.76. The summed E-state index contributed by atoms with van der Waals surface area (Å²) in [6, 6.07) is 3.36. The molecule has 1 aliphatic rings. The third-order valence-electron chi connectivity index (χ3n) is 5.75. The van der Waals surface area contributed by atoms with Gasteiger partial charge in [0, 0.05) is 42.6 Å². The van der Waals surface area contributed by atoms with Crippen molar-refractivity contribution in [3.63, 3.8) is 0 Å². The number of nitrogens with one attached hydrogen (secondary N) is 2. The molecule has 0 bridgehead atoms. The molecule has 0 amide bonds. The van der Waals surface area contributed by atoms with Crippen molar-refractivity contribution < 1.29 is 21.6 Å². The first-order valence-corrected chi connectivity index (χ1v) is 12.4. The van der Waals surface area contributed by atoms with Gasteiger partial charge in [0.1, 0.15) is 17.0 Å². The van der Waals surface area contributed by atoms with Crippen LogP contribution in [0.4, 0.5) is 24.0 Å². The molecule has 0 aliphatic heterocycles. The Kier molecular flexibility index (Phi) is 7.32. The van der Waals surface area contributed by atoms with Gasteiger partial charge in [-0.1, -0.05) is 0 Å². The molecule has 6 N–H and O–H groups in total. The fraction of sp³-hybridized carbons (Fsp3) is 0.579. The predicted molar refractivity (Wildman–Crippen MR) is 118 cm³/mol. The minimum Gasteiger partial charge on any atom is -0.385 e. The molecule has 1 heterocycles. The number of sulfonamides is 1. The summed E-state index contributed by atoms with van der Waals surface area (Å²) < 4.78 is 72.3. The molecule has 1 unspecified atom stereocenters. The van der Waals surface area contributed by atoms with Crippen LogP contribution in [0, 0.1) is 17.2 Å². The van der Waals surface area contributed by atoms with Gasteiger partial charge in [-0.2, -0.15) is 4.37 Å². The van der Waals surface area contributed by atoms with Crippen molar-refractivity contribution in [3.8, 4) is 0 Å². The van der Waals surface area contributed by atoms with Crippen LogP contribution in [0.5, 0.6) is 0 Å². The molecule has 8 nitrogen and oxygen atoms in total. The summed E-state index contributed by atoms with van der Waals surface area (Å²) in [5, 5.41) is 3.08. The lowest BCUT2D eigenvalue weighted by atomic mass is 9.59. The van der Waals surface area contributed by atoms with Gasteiger partial charge in [-0.05, 0) is 55.8 Å². The van der Waals surface area contributed by atoms with Gasteiger partial charge in [-0.15, -0.1) is 0 Å². The lowest BCUT2D eigenvalue weighted by Gasteiger charge is -2.49. The Morgan fingerprint density at radius 3 is 2.56 bits per heavy atom. The van der Waals surface area contributed by atoms with E-state index in [0.29, 0.717) is 31.6 Å². The zero-order valence-corrected chi connectivity index (χ0v) is 19.2. The number of rotatable bonds is 11. The molecular weight excluding hydrogens is 465 g/mol. The fourth-order valence-electron chi connectivity index (χ4n) is 4.24. The number of anilines is 2. The van der Waals surface area contributed by atoms with E-state index in [2.05, 4.69) is 19.4 Å². The van der Waals surface area contributed by atoms with Gasteiger partial charge >= 0.3 is 0 Å². The van der Waals surface area contributed by atoms with Crippen LogP contribution in [0.2, 0.25) is 0 Å². The zero-order chi connectivity index (χ0) is 23.6. The number of aromatic nitrogens is 2. The Morgan fingerprint density at radius 2 is 2.03 bits per heavy atom. The Labute approximate surface area is 189 Å². The Balaban J connectivity index is 1.66. The molecule has 2 atom stereocenters. The van der Waals surface area contributed by atoms with E-state index in [0.717, 1.165) is 23.7 Å². The van der Waals surface area contributed by atoms with Gasteiger partial charge in [0.2, 0.25) is 11.1 Å². The highest BCUT2D eigenvalue weighted by Crippen LogP contribution is 2.57. The van der Waals surface area contributed by atoms with Gasteiger partial charge in [0.25, 0.3) is 10.0 Å². The normalized spacial score (nSPS) is 19.1. The van der Waals surface area contributed by atoms with Crippen molar-refractivity contribution in [3.05, 3.63) is 30.3 Å². The third-order valence-corrected chi connectivity index (χ3v) is 7.83. The molecule has 178 valence electrons. The summed E-state index contributed by atoms with van der Waals surface area (Å²) in [4.78, 5) is 3.19. The van der Waals surface area contributed by atoms with E-state index in [9.17, 15) is 21.6 Å². The van der Waals surface area contributed by atoms with Crippen molar-refractivity contribution >= 4 is 32.4 Å². The Hall–Kier alpha value is -1.96. The van der Waals surface area contributed by atoms with E-state index in [-0.39, 0.29) is 29.9 Å². The van der Waals surface area contributed by atoms with E-state index in [1.54, 1.807) is 6.92 Å². The van der Waals surface area contributed by atoms with Crippen molar-refractivity contribution in [2.24, 2.45) is 22.8 Å². The summed E-state index contributed by atoms with van der Waals surface area (Å²) in [6.07, 6.45) is 1.75. The fourth-order valence-corrected chi connectivity index (χ4v) is 5.96. The topological polar surface area (TPSA) is 136 Å². The molecule has 1 aliphatic carbocycles. The Morgan fingerprint density at radius 1 is 1.31 bits per heavy atom. The molecule has 13 heteroatoms. The molecular formula is C19H27F3N6O2S2. The van der Waals surface area contributed by atoms with E-state index in [4.69, 9.17) is 11.5 Å². The van der Waals surface area contributed by atoms with Gasteiger partial charge < -0.3 is 16.8 Å². The van der Waals surface area contributed by atoms with Gasteiger partial charge in [0.05, 0.1) is 0 Å². The van der Waals surface area contributed by atoms with E-state index < -0.39 is 32.1 Å². The molecule has 32 heavy (non-hydrogen) atoms. The van der Waals surface area contributed by atoms with Crippen LogP contribution in [-0.2, 0) is 10.0 Å². The first kappa shape index (κ1) is 24.7. The highest BCUT2D eigenvalue weighted by molar-refractivity contribution is 7.93.